The Balaban J connectivity index is 2.02. The fourth-order valence-electron chi connectivity index (χ4n) is 3.54. The van der Waals surface area contributed by atoms with Crippen LogP contribution in [0.25, 0.3) is 33.4 Å². The Labute approximate surface area is 156 Å². The summed E-state index contributed by atoms with van der Waals surface area (Å²) in [6.45, 7) is 0. The summed E-state index contributed by atoms with van der Waals surface area (Å²) in [5, 5.41) is 0.697. The SMILES string of the molecule is O=C1c2ccccc2-c2nc3[nH]c(=O)[nH]c(=O)c3c(-c3ccc(Cl)cc3)c21. The molecule has 5 rings (SSSR count). The van der Waals surface area contributed by atoms with Gasteiger partial charge in [0.05, 0.1) is 16.6 Å². The summed E-state index contributed by atoms with van der Waals surface area (Å²) in [5.41, 5.74) is 1.96. The van der Waals surface area contributed by atoms with Crippen LogP contribution in [-0.4, -0.2) is 20.7 Å². The lowest BCUT2D eigenvalue weighted by Crippen LogP contribution is -2.23. The van der Waals surface area contributed by atoms with Crippen molar-refractivity contribution in [1.29, 1.82) is 0 Å². The third kappa shape index (κ3) is 2.20. The smallest absolute Gasteiger partial charge is 0.291 e. The highest BCUT2D eigenvalue weighted by Crippen LogP contribution is 2.42. The molecule has 0 aliphatic heterocycles. The maximum absolute atomic E-state index is 13.1. The van der Waals surface area contributed by atoms with Crippen molar-refractivity contribution in [3.05, 3.63) is 85.5 Å². The predicted octanol–water partition coefficient (Wildman–Crippen LogP) is 3.14. The molecule has 0 unspecified atom stereocenters. The number of pyridine rings is 1. The first-order chi connectivity index (χ1) is 13.0. The lowest BCUT2D eigenvalue weighted by Gasteiger charge is -2.11. The number of fused-ring (bicyclic) bond motifs is 4. The number of ketones is 1. The molecule has 1 aliphatic carbocycles. The number of halogens is 1. The van der Waals surface area contributed by atoms with Gasteiger partial charge in [0.1, 0.15) is 5.65 Å². The highest BCUT2D eigenvalue weighted by atomic mass is 35.5. The first kappa shape index (κ1) is 15.7. The maximum Gasteiger partial charge on any atom is 0.327 e. The zero-order valence-electron chi connectivity index (χ0n) is 13.7. The van der Waals surface area contributed by atoms with Crippen LogP contribution in [0.5, 0.6) is 0 Å². The average Bonchev–Trinajstić information content (AvgIpc) is 2.93. The quantitative estimate of drug-likeness (QED) is 0.470. The minimum absolute atomic E-state index is 0.136. The van der Waals surface area contributed by atoms with E-state index < -0.39 is 11.2 Å². The van der Waals surface area contributed by atoms with Gasteiger partial charge >= 0.3 is 5.69 Å². The van der Waals surface area contributed by atoms with Crippen LogP contribution in [0.1, 0.15) is 15.9 Å². The van der Waals surface area contributed by atoms with Crippen LogP contribution < -0.4 is 11.2 Å². The van der Waals surface area contributed by atoms with Gasteiger partial charge in [-0.15, -0.1) is 0 Å². The fraction of sp³-hybridized carbons (Fsp3) is 0. The molecule has 0 spiro atoms. The summed E-state index contributed by atoms with van der Waals surface area (Å²) in [6, 6.07) is 14.0. The second kappa shape index (κ2) is 5.49. The van der Waals surface area contributed by atoms with Crippen LogP contribution >= 0.6 is 11.6 Å². The topological polar surface area (TPSA) is 95.7 Å². The largest absolute Gasteiger partial charge is 0.327 e. The van der Waals surface area contributed by atoms with E-state index in [9.17, 15) is 14.4 Å². The van der Waals surface area contributed by atoms with Crippen LogP contribution in [0.2, 0.25) is 5.02 Å². The van der Waals surface area contributed by atoms with Crippen molar-refractivity contribution in [1.82, 2.24) is 15.0 Å². The molecule has 7 heteroatoms. The molecular weight excluding hydrogens is 366 g/mol. The number of carbonyl (C=O) groups is 1. The molecule has 4 aromatic rings. The Kier molecular flexibility index (Phi) is 3.20. The minimum Gasteiger partial charge on any atom is -0.291 e. The zero-order chi connectivity index (χ0) is 18.7. The number of aromatic nitrogens is 3. The Morgan fingerprint density at radius 3 is 2.26 bits per heavy atom. The number of hydrogen-bond donors (Lipinski definition) is 2. The van der Waals surface area contributed by atoms with E-state index in [4.69, 9.17) is 11.6 Å². The second-order valence-electron chi connectivity index (χ2n) is 6.22. The van der Waals surface area contributed by atoms with Gasteiger partial charge in [-0.1, -0.05) is 48.0 Å². The summed E-state index contributed by atoms with van der Waals surface area (Å²) >= 11 is 5.99. The standard InChI is InChI=1S/C20H10ClN3O3/c21-10-7-5-9(6-8-10)13-14-16(11-3-1-2-4-12(11)17(14)25)22-18-15(13)19(26)24-20(27)23-18/h1-8H,(H2,22,23,24,26,27). The summed E-state index contributed by atoms with van der Waals surface area (Å²) in [7, 11) is 0. The van der Waals surface area contributed by atoms with Gasteiger partial charge in [-0.05, 0) is 17.7 Å². The predicted molar refractivity (Wildman–Crippen MR) is 102 cm³/mol. The monoisotopic (exact) mass is 375 g/mol. The normalized spacial score (nSPS) is 12.3. The summed E-state index contributed by atoms with van der Waals surface area (Å²) in [5.74, 6) is -0.203. The van der Waals surface area contributed by atoms with Gasteiger partial charge in [0, 0.05) is 21.7 Å². The van der Waals surface area contributed by atoms with Crippen LogP contribution in [0.15, 0.2) is 58.1 Å². The third-order valence-corrected chi connectivity index (χ3v) is 4.92. The van der Waals surface area contributed by atoms with Gasteiger partial charge in [0.15, 0.2) is 5.78 Å². The van der Waals surface area contributed by atoms with E-state index in [1.165, 1.54) is 0 Å². The van der Waals surface area contributed by atoms with Crippen molar-refractivity contribution in [3.63, 3.8) is 0 Å². The van der Waals surface area contributed by atoms with Crippen LogP contribution in [-0.2, 0) is 0 Å². The highest BCUT2D eigenvalue weighted by Gasteiger charge is 2.33. The number of rotatable bonds is 1. The summed E-state index contributed by atoms with van der Waals surface area (Å²) in [4.78, 5) is 46.7. The molecule has 130 valence electrons. The maximum atomic E-state index is 13.1. The van der Waals surface area contributed by atoms with E-state index in [0.717, 1.165) is 0 Å². The van der Waals surface area contributed by atoms with Gasteiger partial charge in [-0.2, -0.15) is 0 Å². The molecule has 0 atom stereocenters. The number of H-pyrrole nitrogens is 2. The molecule has 0 saturated carbocycles. The average molecular weight is 376 g/mol. The molecule has 1 aliphatic rings. The van der Waals surface area contributed by atoms with Crippen molar-refractivity contribution >= 4 is 28.4 Å². The minimum atomic E-state index is -0.653. The lowest BCUT2D eigenvalue weighted by molar-refractivity contribution is 0.104. The molecular formula is C20H10ClN3O3. The first-order valence-corrected chi connectivity index (χ1v) is 8.53. The number of aromatic amines is 2. The Bertz CT molecular complexity index is 1380. The molecule has 0 radical (unpaired) electrons. The number of carbonyl (C=O) groups excluding carboxylic acids is 1. The molecule has 6 nitrogen and oxygen atoms in total. The van der Waals surface area contributed by atoms with E-state index in [2.05, 4.69) is 15.0 Å². The highest BCUT2D eigenvalue weighted by molar-refractivity contribution is 6.31. The van der Waals surface area contributed by atoms with Gasteiger partial charge in [0.2, 0.25) is 0 Å². The molecule has 0 amide bonds. The first-order valence-electron chi connectivity index (χ1n) is 8.15. The van der Waals surface area contributed by atoms with E-state index in [1.54, 1.807) is 42.5 Å². The lowest BCUT2D eigenvalue weighted by atomic mass is 9.95. The Morgan fingerprint density at radius 2 is 1.52 bits per heavy atom. The zero-order valence-corrected chi connectivity index (χ0v) is 14.4. The molecule has 2 heterocycles. The third-order valence-electron chi connectivity index (χ3n) is 4.67. The van der Waals surface area contributed by atoms with Gasteiger partial charge < -0.3 is 0 Å². The van der Waals surface area contributed by atoms with Gasteiger partial charge in [0.25, 0.3) is 5.56 Å². The van der Waals surface area contributed by atoms with Crippen molar-refractivity contribution in [2.75, 3.05) is 0 Å². The second-order valence-corrected chi connectivity index (χ2v) is 6.66. The summed E-state index contributed by atoms with van der Waals surface area (Å²) < 4.78 is 0. The van der Waals surface area contributed by atoms with Gasteiger partial charge in [-0.3, -0.25) is 19.6 Å². The summed E-state index contributed by atoms with van der Waals surface area (Å²) in [6.07, 6.45) is 0. The number of nitrogens with zero attached hydrogens (tertiary/aromatic N) is 1. The molecule has 0 fully saturated rings. The molecule has 2 aromatic heterocycles. The van der Waals surface area contributed by atoms with E-state index >= 15 is 0 Å². The number of benzene rings is 2. The molecule has 0 bridgehead atoms. The van der Waals surface area contributed by atoms with E-state index in [0.29, 0.717) is 38.5 Å². The molecule has 2 N–H and O–H groups in total. The number of nitrogens with one attached hydrogen (secondary N) is 2. The van der Waals surface area contributed by atoms with Gasteiger partial charge in [-0.25, -0.2) is 9.78 Å². The molecule has 27 heavy (non-hydrogen) atoms. The van der Waals surface area contributed by atoms with Crippen molar-refractivity contribution in [2.45, 2.75) is 0 Å². The van der Waals surface area contributed by atoms with E-state index in [1.807, 2.05) is 6.07 Å². The Hall–Kier alpha value is -3.51. The van der Waals surface area contributed by atoms with Crippen molar-refractivity contribution in [2.24, 2.45) is 0 Å². The van der Waals surface area contributed by atoms with Crippen molar-refractivity contribution in [3.8, 4) is 22.4 Å². The van der Waals surface area contributed by atoms with Crippen LogP contribution in [0, 0.1) is 0 Å². The molecule has 0 saturated heterocycles. The van der Waals surface area contributed by atoms with Crippen LogP contribution in [0.3, 0.4) is 0 Å². The molecule has 2 aromatic carbocycles. The number of hydrogen-bond acceptors (Lipinski definition) is 4. The van der Waals surface area contributed by atoms with E-state index in [-0.39, 0.29) is 16.8 Å². The van der Waals surface area contributed by atoms with Crippen molar-refractivity contribution < 1.29 is 4.79 Å². The fourth-order valence-corrected chi connectivity index (χ4v) is 3.67. The van der Waals surface area contributed by atoms with Crippen LogP contribution in [0.4, 0.5) is 0 Å². The Morgan fingerprint density at radius 1 is 0.815 bits per heavy atom.